The number of benzene rings is 1. The molecule has 1 rings (SSSR count). The van der Waals surface area contributed by atoms with Crippen LogP contribution in [0.1, 0.15) is 20.3 Å². The monoisotopic (exact) mass is 398 g/mol. The van der Waals surface area contributed by atoms with E-state index in [0.717, 1.165) is 4.47 Å². The van der Waals surface area contributed by atoms with Crippen molar-refractivity contribution >= 4 is 39.3 Å². The second kappa shape index (κ2) is 10.0. The van der Waals surface area contributed by atoms with E-state index in [1.807, 2.05) is 26.0 Å². The molecule has 0 saturated carbocycles. The zero-order valence-electron chi connectivity index (χ0n) is 13.8. The summed E-state index contributed by atoms with van der Waals surface area (Å²) in [5.74, 6) is -0.942. The standard InChI is InChI=1S/C16H23BrN4O3/c1-10(2)15(18)16(24)20-9-14(23)19-8-7-13(22)21-12-5-3-11(17)4-6-12/h3-6,10,15H,7-9,18H2,1-2H3,(H,19,23)(H,20,24)(H,21,22)/t15-/m0/s1. The molecule has 3 amide bonds. The van der Waals surface area contributed by atoms with Gasteiger partial charge in [0.1, 0.15) is 0 Å². The summed E-state index contributed by atoms with van der Waals surface area (Å²) >= 11 is 3.31. The van der Waals surface area contributed by atoms with Crippen molar-refractivity contribution in [2.75, 3.05) is 18.4 Å². The molecule has 1 atom stereocenters. The first kappa shape index (κ1) is 20.1. The van der Waals surface area contributed by atoms with Crippen LogP contribution >= 0.6 is 15.9 Å². The fraction of sp³-hybridized carbons (Fsp3) is 0.438. The van der Waals surface area contributed by atoms with Crippen LogP contribution in [0.5, 0.6) is 0 Å². The van der Waals surface area contributed by atoms with Gasteiger partial charge < -0.3 is 21.7 Å². The Balaban J connectivity index is 2.21. The molecule has 0 aliphatic heterocycles. The molecule has 0 aromatic heterocycles. The summed E-state index contributed by atoms with van der Waals surface area (Å²) in [6.07, 6.45) is 0.140. The second-order valence-corrected chi connectivity index (χ2v) is 6.56. The van der Waals surface area contributed by atoms with Gasteiger partial charge in [-0.15, -0.1) is 0 Å². The number of nitrogens with two attached hydrogens (primary N) is 1. The molecule has 0 aliphatic carbocycles. The largest absolute Gasteiger partial charge is 0.354 e. The lowest BCUT2D eigenvalue weighted by Gasteiger charge is -2.15. The third-order valence-electron chi connectivity index (χ3n) is 3.25. The quantitative estimate of drug-likeness (QED) is 0.522. The average molecular weight is 399 g/mol. The third kappa shape index (κ3) is 7.56. The summed E-state index contributed by atoms with van der Waals surface area (Å²) in [6.45, 7) is 3.68. The molecule has 0 fully saturated rings. The Morgan fingerprint density at radius 2 is 1.71 bits per heavy atom. The van der Waals surface area contributed by atoms with Gasteiger partial charge in [0.25, 0.3) is 0 Å². The van der Waals surface area contributed by atoms with E-state index in [4.69, 9.17) is 5.73 Å². The van der Waals surface area contributed by atoms with Crippen LogP contribution in [-0.4, -0.2) is 36.9 Å². The Morgan fingerprint density at radius 1 is 1.08 bits per heavy atom. The highest BCUT2D eigenvalue weighted by atomic mass is 79.9. The lowest BCUT2D eigenvalue weighted by molar-refractivity contribution is -0.127. The molecule has 0 radical (unpaired) electrons. The minimum absolute atomic E-state index is 0.00429. The summed E-state index contributed by atoms with van der Waals surface area (Å²) in [5.41, 5.74) is 6.35. The first-order valence-electron chi connectivity index (χ1n) is 7.65. The van der Waals surface area contributed by atoms with Crippen molar-refractivity contribution in [3.8, 4) is 0 Å². The van der Waals surface area contributed by atoms with Crippen LogP contribution in [0.3, 0.4) is 0 Å². The number of hydrogen-bond acceptors (Lipinski definition) is 4. The van der Waals surface area contributed by atoms with Crippen molar-refractivity contribution in [1.82, 2.24) is 10.6 Å². The highest BCUT2D eigenvalue weighted by Gasteiger charge is 2.17. The van der Waals surface area contributed by atoms with E-state index in [2.05, 4.69) is 31.9 Å². The number of rotatable bonds is 8. The topological polar surface area (TPSA) is 113 Å². The minimum Gasteiger partial charge on any atom is -0.354 e. The van der Waals surface area contributed by atoms with Gasteiger partial charge >= 0.3 is 0 Å². The normalized spacial score (nSPS) is 11.7. The molecule has 1 aromatic rings. The van der Waals surface area contributed by atoms with E-state index < -0.39 is 6.04 Å². The molecule has 0 heterocycles. The van der Waals surface area contributed by atoms with Gasteiger partial charge in [0.2, 0.25) is 17.7 Å². The molecule has 1 aromatic carbocycles. The molecule has 0 aliphatic rings. The van der Waals surface area contributed by atoms with E-state index in [0.29, 0.717) is 5.69 Å². The minimum atomic E-state index is -0.644. The molecule has 0 spiro atoms. The molecule has 7 nitrogen and oxygen atoms in total. The van der Waals surface area contributed by atoms with Gasteiger partial charge in [-0.25, -0.2) is 0 Å². The third-order valence-corrected chi connectivity index (χ3v) is 3.78. The molecule has 0 unspecified atom stereocenters. The number of halogens is 1. The van der Waals surface area contributed by atoms with Crippen LogP contribution in [0, 0.1) is 5.92 Å². The summed E-state index contributed by atoms with van der Waals surface area (Å²) < 4.78 is 0.923. The number of amides is 3. The van der Waals surface area contributed by atoms with Crippen molar-refractivity contribution in [3.05, 3.63) is 28.7 Å². The van der Waals surface area contributed by atoms with Gasteiger partial charge in [-0.3, -0.25) is 14.4 Å². The molecular formula is C16H23BrN4O3. The van der Waals surface area contributed by atoms with Crippen LogP contribution in [-0.2, 0) is 14.4 Å². The number of anilines is 1. The van der Waals surface area contributed by atoms with Gasteiger partial charge in [0.15, 0.2) is 0 Å². The zero-order valence-corrected chi connectivity index (χ0v) is 15.4. The van der Waals surface area contributed by atoms with Crippen LogP contribution in [0.15, 0.2) is 28.7 Å². The van der Waals surface area contributed by atoms with Crippen molar-refractivity contribution in [2.24, 2.45) is 11.7 Å². The van der Waals surface area contributed by atoms with Crippen molar-refractivity contribution in [2.45, 2.75) is 26.3 Å². The summed E-state index contributed by atoms with van der Waals surface area (Å²) in [6, 6.07) is 6.54. The summed E-state index contributed by atoms with van der Waals surface area (Å²) in [4.78, 5) is 35.0. The van der Waals surface area contributed by atoms with Gasteiger partial charge in [0, 0.05) is 23.1 Å². The van der Waals surface area contributed by atoms with Gasteiger partial charge in [-0.05, 0) is 30.2 Å². The average Bonchev–Trinajstić information content (AvgIpc) is 2.53. The Kier molecular flexibility index (Phi) is 8.42. The van der Waals surface area contributed by atoms with E-state index in [9.17, 15) is 14.4 Å². The first-order chi connectivity index (χ1) is 11.3. The highest BCUT2D eigenvalue weighted by molar-refractivity contribution is 9.10. The molecule has 8 heteroatoms. The predicted molar refractivity (Wildman–Crippen MR) is 96.2 cm³/mol. The Hall–Kier alpha value is -1.93. The van der Waals surface area contributed by atoms with Crippen molar-refractivity contribution in [1.29, 1.82) is 0 Å². The molecular weight excluding hydrogens is 376 g/mol. The molecule has 132 valence electrons. The maximum Gasteiger partial charge on any atom is 0.239 e. The number of carbonyl (C=O) groups excluding carboxylic acids is 3. The number of nitrogens with one attached hydrogen (secondary N) is 3. The highest BCUT2D eigenvalue weighted by Crippen LogP contribution is 2.14. The summed E-state index contributed by atoms with van der Waals surface area (Å²) in [7, 11) is 0. The maximum atomic E-state index is 11.7. The molecule has 5 N–H and O–H groups in total. The van der Waals surface area contributed by atoms with Crippen LogP contribution in [0.25, 0.3) is 0 Å². The van der Waals surface area contributed by atoms with Crippen molar-refractivity contribution in [3.63, 3.8) is 0 Å². The van der Waals surface area contributed by atoms with E-state index in [1.54, 1.807) is 12.1 Å². The molecule has 0 bridgehead atoms. The van der Waals surface area contributed by atoms with E-state index in [1.165, 1.54) is 0 Å². The fourth-order valence-corrected chi connectivity index (χ4v) is 1.99. The molecule has 24 heavy (non-hydrogen) atoms. The number of carbonyl (C=O) groups is 3. The zero-order chi connectivity index (χ0) is 18.1. The van der Waals surface area contributed by atoms with Crippen LogP contribution in [0.4, 0.5) is 5.69 Å². The SMILES string of the molecule is CC(C)[C@H](N)C(=O)NCC(=O)NCCC(=O)Nc1ccc(Br)cc1. The Labute approximate surface area is 149 Å². The smallest absolute Gasteiger partial charge is 0.239 e. The number of hydrogen-bond donors (Lipinski definition) is 4. The van der Waals surface area contributed by atoms with Gasteiger partial charge in [0.05, 0.1) is 12.6 Å². The van der Waals surface area contributed by atoms with Crippen molar-refractivity contribution < 1.29 is 14.4 Å². The second-order valence-electron chi connectivity index (χ2n) is 5.64. The Morgan fingerprint density at radius 3 is 2.29 bits per heavy atom. The first-order valence-corrected chi connectivity index (χ1v) is 8.44. The fourth-order valence-electron chi connectivity index (χ4n) is 1.72. The lowest BCUT2D eigenvalue weighted by atomic mass is 10.1. The van der Waals surface area contributed by atoms with E-state index in [-0.39, 0.29) is 43.1 Å². The summed E-state index contributed by atoms with van der Waals surface area (Å²) in [5, 5.41) is 7.76. The van der Waals surface area contributed by atoms with Crippen LogP contribution in [0.2, 0.25) is 0 Å². The van der Waals surface area contributed by atoms with E-state index >= 15 is 0 Å². The lowest BCUT2D eigenvalue weighted by Crippen LogP contribution is -2.47. The predicted octanol–water partition coefficient (Wildman–Crippen LogP) is 0.993. The maximum absolute atomic E-state index is 11.7. The Bertz CT molecular complexity index is 575. The van der Waals surface area contributed by atoms with Gasteiger partial charge in [-0.2, -0.15) is 0 Å². The van der Waals surface area contributed by atoms with Gasteiger partial charge in [-0.1, -0.05) is 29.8 Å². The van der Waals surface area contributed by atoms with Crippen LogP contribution < -0.4 is 21.7 Å². The molecule has 0 saturated heterocycles.